The Hall–Kier alpha value is -1.58. The smallest absolute Gasteiger partial charge is 0.358 e. The van der Waals surface area contributed by atoms with Gasteiger partial charge in [-0.2, -0.15) is 13.2 Å². The SMILES string of the molecule is C[C@H]1c2c([nH]c3ccc(C(F)(F)F)cc23)CC2CCN(CCCN(C)S(C)(=O)=O)C[C@@H]21. The molecule has 0 bridgehead atoms. The van der Waals surface area contributed by atoms with E-state index in [1.54, 1.807) is 13.1 Å². The van der Waals surface area contributed by atoms with Crippen molar-refractivity contribution in [2.24, 2.45) is 11.8 Å². The summed E-state index contributed by atoms with van der Waals surface area (Å²) in [6, 6.07) is 4.00. The number of H-pyrrole nitrogens is 1. The molecule has 0 saturated carbocycles. The van der Waals surface area contributed by atoms with Gasteiger partial charge in [0.2, 0.25) is 10.0 Å². The van der Waals surface area contributed by atoms with Gasteiger partial charge in [-0.25, -0.2) is 12.7 Å². The van der Waals surface area contributed by atoms with E-state index in [2.05, 4.69) is 16.8 Å². The monoisotopic (exact) mass is 457 g/mol. The van der Waals surface area contributed by atoms with Gasteiger partial charge in [0.15, 0.2) is 0 Å². The largest absolute Gasteiger partial charge is 0.416 e. The number of nitrogens with one attached hydrogen (secondary N) is 1. The van der Waals surface area contributed by atoms with E-state index in [0.29, 0.717) is 23.8 Å². The summed E-state index contributed by atoms with van der Waals surface area (Å²) in [5.74, 6) is 1.09. The van der Waals surface area contributed by atoms with Crippen LogP contribution in [0.15, 0.2) is 18.2 Å². The Morgan fingerprint density at radius 3 is 2.71 bits per heavy atom. The number of piperidine rings is 1. The van der Waals surface area contributed by atoms with Gasteiger partial charge in [0.1, 0.15) is 0 Å². The molecule has 2 aliphatic rings. The average Bonchev–Trinajstić information content (AvgIpc) is 3.04. The van der Waals surface area contributed by atoms with E-state index < -0.39 is 21.8 Å². The molecule has 31 heavy (non-hydrogen) atoms. The third kappa shape index (κ3) is 4.50. The maximum absolute atomic E-state index is 13.3. The van der Waals surface area contributed by atoms with Crippen molar-refractivity contribution in [3.8, 4) is 0 Å². The molecule has 2 aromatic rings. The first kappa shape index (κ1) is 22.6. The van der Waals surface area contributed by atoms with E-state index >= 15 is 0 Å². The summed E-state index contributed by atoms with van der Waals surface area (Å²) in [5, 5.41) is 0.697. The van der Waals surface area contributed by atoms with Gasteiger partial charge in [-0.3, -0.25) is 0 Å². The van der Waals surface area contributed by atoms with Crippen LogP contribution in [-0.2, 0) is 22.6 Å². The Balaban J connectivity index is 1.50. The molecule has 1 aromatic heterocycles. The van der Waals surface area contributed by atoms with Crippen LogP contribution in [0, 0.1) is 11.8 Å². The second-order valence-corrected chi connectivity index (χ2v) is 11.3. The van der Waals surface area contributed by atoms with E-state index in [0.717, 1.165) is 61.7 Å². The molecule has 1 aliphatic carbocycles. The van der Waals surface area contributed by atoms with Gasteiger partial charge in [-0.05, 0) is 73.9 Å². The third-order valence-corrected chi connectivity index (χ3v) is 8.53. The van der Waals surface area contributed by atoms with E-state index in [1.165, 1.54) is 16.6 Å². The number of alkyl halides is 3. The molecule has 4 rings (SSSR count). The third-order valence-electron chi connectivity index (χ3n) is 7.22. The number of hydrogen-bond donors (Lipinski definition) is 1. The molecular formula is C22H30F3N3O2S. The predicted octanol–water partition coefficient (Wildman–Crippen LogP) is 4.07. The molecule has 0 radical (unpaired) electrons. The molecular weight excluding hydrogens is 427 g/mol. The minimum Gasteiger partial charge on any atom is -0.358 e. The summed E-state index contributed by atoms with van der Waals surface area (Å²) >= 11 is 0. The van der Waals surface area contributed by atoms with Crippen molar-refractivity contribution in [2.45, 2.75) is 38.3 Å². The van der Waals surface area contributed by atoms with Crippen LogP contribution in [0.4, 0.5) is 13.2 Å². The fourth-order valence-corrected chi connectivity index (χ4v) is 5.87. The van der Waals surface area contributed by atoms with Gasteiger partial charge in [0.25, 0.3) is 0 Å². The first-order valence-electron chi connectivity index (χ1n) is 10.8. The molecule has 9 heteroatoms. The van der Waals surface area contributed by atoms with Crippen molar-refractivity contribution in [1.29, 1.82) is 0 Å². The summed E-state index contributed by atoms with van der Waals surface area (Å²) in [6.45, 7) is 5.34. The second-order valence-electron chi connectivity index (χ2n) is 9.22. The Labute approximate surface area is 181 Å². The van der Waals surface area contributed by atoms with Crippen molar-refractivity contribution in [3.63, 3.8) is 0 Å². The van der Waals surface area contributed by atoms with E-state index in [1.807, 2.05) is 0 Å². The molecule has 1 saturated heterocycles. The number of halogens is 3. The average molecular weight is 458 g/mol. The molecule has 1 N–H and O–H groups in total. The molecule has 1 unspecified atom stereocenters. The summed E-state index contributed by atoms with van der Waals surface area (Å²) in [7, 11) is -1.57. The number of benzene rings is 1. The fraction of sp³-hybridized carbons (Fsp3) is 0.636. The minimum absolute atomic E-state index is 0.174. The molecule has 1 fully saturated rings. The van der Waals surface area contributed by atoms with Gasteiger partial charge < -0.3 is 9.88 Å². The van der Waals surface area contributed by atoms with Gasteiger partial charge in [-0.15, -0.1) is 0 Å². The van der Waals surface area contributed by atoms with Crippen LogP contribution in [0.5, 0.6) is 0 Å². The summed E-state index contributed by atoms with van der Waals surface area (Å²) in [5.41, 5.74) is 2.31. The lowest BCUT2D eigenvalue weighted by Gasteiger charge is -2.44. The van der Waals surface area contributed by atoms with Crippen LogP contribution < -0.4 is 0 Å². The normalized spacial score (nSPS) is 25.1. The predicted molar refractivity (Wildman–Crippen MR) is 116 cm³/mol. The lowest BCUT2D eigenvalue weighted by molar-refractivity contribution is -0.137. The molecule has 172 valence electrons. The number of aromatic nitrogens is 1. The Morgan fingerprint density at radius 2 is 2.03 bits per heavy atom. The first-order valence-corrected chi connectivity index (χ1v) is 12.7. The fourth-order valence-electron chi connectivity index (χ4n) is 5.41. The van der Waals surface area contributed by atoms with Crippen molar-refractivity contribution in [1.82, 2.24) is 14.2 Å². The van der Waals surface area contributed by atoms with Crippen LogP contribution in [0.2, 0.25) is 0 Å². The number of aromatic amines is 1. The molecule has 1 aliphatic heterocycles. The standard InChI is InChI=1S/C22H30F3N3O2S/c1-14-18-13-28(9-4-8-27(2)31(3,29)30)10-7-15(18)11-20-21(14)17-12-16(22(23,24)25)5-6-19(17)26-20/h5-6,12,14-15,18,26H,4,7-11,13H2,1-3H3/t14-,15?,18-/m1/s1. The zero-order valence-electron chi connectivity index (χ0n) is 18.2. The highest BCUT2D eigenvalue weighted by molar-refractivity contribution is 7.88. The Bertz CT molecular complexity index is 1060. The Kier molecular flexibility index (Phi) is 5.89. The first-order chi connectivity index (χ1) is 14.4. The molecule has 0 amide bonds. The highest BCUT2D eigenvalue weighted by Gasteiger charge is 2.40. The number of likely N-dealkylation sites (tertiary alicyclic amines) is 1. The number of nitrogens with zero attached hydrogens (tertiary/aromatic N) is 2. The number of hydrogen-bond acceptors (Lipinski definition) is 3. The molecule has 1 aromatic carbocycles. The zero-order chi connectivity index (χ0) is 22.6. The molecule has 2 heterocycles. The lowest BCUT2D eigenvalue weighted by Crippen LogP contribution is -2.45. The Morgan fingerprint density at radius 1 is 1.29 bits per heavy atom. The van der Waals surface area contributed by atoms with Gasteiger partial charge in [0.05, 0.1) is 11.8 Å². The minimum atomic E-state index is -4.35. The van der Waals surface area contributed by atoms with Gasteiger partial charge in [0, 0.05) is 36.7 Å². The topological polar surface area (TPSA) is 56.4 Å². The van der Waals surface area contributed by atoms with Crippen LogP contribution in [0.25, 0.3) is 10.9 Å². The van der Waals surface area contributed by atoms with E-state index in [4.69, 9.17) is 0 Å². The summed E-state index contributed by atoms with van der Waals surface area (Å²) in [6.07, 6.45) is -0.433. The van der Waals surface area contributed by atoms with Crippen molar-refractivity contribution < 1.29 is 21.6 Å². The number of rotatable bonds is 5. The van der Waals surface area contributed by atoms with E-state index in [-0.39, 0.29) is 5.92 Å². The highest BCUT2D eigenvalue weighted by Crippen LogP contribution is 2.46. The van der Waals surface area contributed by atoms with Crippen LogP contribution >= 0.6 is 0 Å². The highest BCUT2D eigenvalue weighted by atomic mass is 32.2. The molecule has 3 atom stereocenters. The maximum Gasteiger partial charge on any atom is 0.416 e. The van der Waals surface area contributed by atoms with Crippen LogP contribution in [0.3, 0.4) is 0 Å². The van der Waals surface area contributed by atoms with E-state index in [9.17, 15) is 21.6 Å². The molecule has 0 spiro atoms. The maximum atomic E-state index is 13.3. The molecule has 5 nitrogen and oxygen atoms in total. The van der Waals surface area contributed by atoms with Crippen molar-refractivity contribution in [2.75, 3.05) is 39.5 Å². The zero-order valence-corrected chi connectivity index (χ0v) is 19.0. The van der Waals surface area contributed by atoms with Crippen LogP contribution in [-0.4, -0.2) is 62.1 Å². The number of sulfonamides is 1. The second kappa shape index (κ2) is 8.08. The lowest BCUT2D eigenvalue weighted by atomic mass is 9.68. The van der Waals surface area contributed by atoms with Gasteiger partial charge in [-0.1, -0.05) is 6.92 Å². The quantitative estimate of drug-likeness (QED) is 0.737. The van der Waals surface area contributed by atoms with Gasteiger partial charge >= 0.3 is 6.18 Å². The summed E-state index contributed by atoms with van der Waals surface area (Å²) in [4.78, 5) is 5.77. The summed E-state index contributed by atoms with van der Waals surface area (Å²) < 4.78 is 64.3. The van der Waals surface area contributed by atoms with Crippen molar-refractivity contribution in [3.05, 3.63) is 35.0 Å². The van der Waals surface area contributed by atoms with Crippen LogP contribution in [0.1, 0.15) is 42.5 Å². The van der Waals surface area contributed by atoms with Crippen molar-refractivity contribution >= 4 is 20.9 Å². The number of fused-ring (bicyclic) bond motifs is 4.